The first-order valence-electron chi connectivity index (χ1n) is 3.50. The van der Waals surface area contributed by atoms with Gasteiger partial charge in [0.2, 0.25) is 0 Å². The van der Waals surface area contributed by atoms with Crippen molar-refractivity contribution in [1.29, 1.82) is 0 Å². The largest absolute Gasteiger partial charge is 0.466 e. The smallest absolute Gasteiger partial charge is 0.305 e. The summed E-state index contributed by atoms with van der Waals surface area (Å²) in [4.78, 5) is 10.5. The molecule has 1 atom stereocenters. The molecule has 60 valence electrons. The van der Waals surface area contributed by atoms with Gasteiger partial charge in [-0.3, -0.25) is 4.79 Å². The Morgan fingerprint density at radius 3 is 2.70 bits per heavy atom. The van der Waals surface area contributed by atoms with Gasteiger partial charge >= 0.3 is 5.97 Å². The van der Waals surface area contributed by atoms with Crippen molar-refractivity contribution >= 4 is 5.97 Å². The molecule has 3 nitrogen and oxygen atoms in total. The number of ether oxygens (including phenoxy) is 1. The maximum Gasteiger partial charge on any atom is 0.305 e. The summed E-state index contributed by atoms with van der Waals surface area (Å²) in [6.45, 7) is 3.73. The van der Waals surface area contributed by atoms with Crippen LogP contribution >= 0.6 is 0 Å². The second-order valence-electron chi connectivity index (χ2n) is 2.21. The molecule has 0 aromatic heterocycles. The number of esters is 1. The monoisotopic (exact) mass is 146 g/mol. The standard InChI is InChI=1S/C7H14O3/c1-3-7(9)10-5-4-6(2)8/h6,8H,3-5H2,1-2H3. The zero-order valence-electron chi connectivity index (χ0n) is 6.46. The van der Waals surface area contributed by atoms with Gasteiger partial charge in [0.05, 0.1) is 12.7 Å². The van der Waals surface area contributed by atoms with Gasteiger partial charge in [0.25, 0.3) is 0 Å². The van der Waals surface area contributed by atoms with Crippen LogP contribution in [0.1, 0.15) is 26.7 Å². The summed E-state index contributed by atoms with van der Waals surface area (Å²) < 4.78 is 4.70. The van der Waals surface area contributed by atoms with Crippen LogP contribution in [0.25, 0.3) is 0 Å². The normalized spacial score (nSPS) is 12.7. The fraction of sp³-hybridized carbons (Fsp3) is 0.857. The minimum absolute atomic E-state index is 0.208. The number of aliphatic hydroxyl groups excluding tert-OH is 1. The fourth-order valence-electron chi connectivity index (χ4n) is 0.445. The Kier molecular flexibility index (Phi) is 4.94. The Morgan fingerprint density at radius 1 is 1.70 bits per heavy atom. The Balaban J connectivity index is 3.12. The predicted molar refractivity (Wildman–Crippen MR) is 37.5 cm³/mol. The molecule has 10 heavy (non-hydrogen) atoms. The van der Waals surface area contributed by atoms with Crippen LogP contribution in [0, 0.1) is 0 Å². The highest BCUT2D eigenvalue weighted by Gasteiger charge is 1.99. The molecule has 0 aliphatic carbocycles. The van der Waals surface area contributed by atoms with Crippen molar-refractivity contribution in [3.63, 3.8) is 0 Å². The van der Waals surface area contributed by atoms with E-state index in [0.29, 0.717) is 19.4 Å². The molecule has 0 aliphatic heterocycles. The van der Waals surface area contributed by atoms with Crippen molar-refractivity contribution in [2.75, 3.05) is 6.61 Å². The molecule has 0 heterocycles. The topological polar surface area (TPSA) is 46.5 Å². The highest BCUT2D eigenvalue weighted by atomic mass is 16.5. The molecule has 0 aromatic rings. The average Bonchev–Trinajstić information content (AvgIpc) is 1.87. The lowest BCUT2D eigenvalue weighted by Crippen LogP contribution is -2.09. The van der Waals surface area contributed by atoms with Crippen LogP contribution in [-0.2, 0) is 9.53 Å². The molecular weight excluding hydrogens is 132 g/mol. The fourth-order valence-corrected chi connectivity index (χ4v) is 0.445. The van der Waals surface area contributed by atoms with Crippen LogP contribution in [0.15, 0.2) is 0 Å². The Labute approximate surface area is 61.0 Å². The SMILES string of the molecule is CCC(=O)OCCC(C)O. The molecule has 0 rings (SSSR count). The number of hydrogen-bond acceptors (Lipinski definition) is 3. The molecule has 1 unspecified atom stereocenters. The van der Waals surface area contributed by atoms with Gasteiger partial charge in [0, 0.05) is 12.8 Å². The molecule has 0 saturated carbocycles. The summed E-state index contributed by atoms with van der Waals surface area (Å²) in [6.07, 6.45) is 0.538. The van der Waals surface area contributed by atoms with Crippen LogP contribution in [-0.4, -0.2) is 23.8 Å². The van der Waals surface area contributed by atoms with E-state index in [-0.39, 0.29) is 12.1 Å². The third-order valence-corrected chi connectivity index (χ3v) is 1.09. The van der Waals surface area contributed by atoms with Crippen LogP contribution in [0.3, 0.4) is 0 Å². The van der Waals surface area contributed by atoms with E-state index in [4.69, 9.17) is 9.84 Å². The van der Waals surface area contributed by atoms with E-state index in [1.807, 2.05) is 0 Å². The average molecular weight is 146 g/mol. The third-order valence-electron chi connectivity index (χ3n) is 1.09. The van der Waals surface area contributed by atoms with Crippen LogP contribution < -0.4 is 0 Å². The molecule has 0 amide bonds. The summed E-state index contributed by atoms with van der Waals surface area (Å²) in [5.41, 5.74) is 0. The second-order valence-corrected chi connectivity index (χ2v) is 2.21. The van der Waals surface area contributed by atoms with Crippen molar-refractivity contribution in [3.8, 4) is 0 Å². The van der Waals surface area contributed by atoms with Gasteiger partial charge in [-0.2, -0.15) is 0 Å². The minimum atomic E-state index is -0.385. The highest BCUT2D eigenvalue weighted by Crippen LogP contribution is 1.91. The van der Waals surface area contributed by atoms with Gasteiger partial charge in [-0.25, -0.2) is 0 Å². The van der Waals surface area contributed by atoms with Gasteiger partial charge in [0.15, 0.2) is 0 Å². The Hall–Kier alpha value is -0.570. The van der Waals surface area contributed by atoms with Crippen molar-refractivity contribution in [1.82, 2.24) is 0 Å². The predicted octanol–water partition coefficient (Wildman–Crippen LogP) is 0.710. The van der Waals surface area contributed by atoms with Crippen LogP contribution in [0.5, 0.6) is 0 Å². The van der Waals surface area contributed by atoms with E-state index in [0.717, 1.165) is 0 Å². The molecule has 3 heteroatoms. The molecular formula is C7H14O3. The molecule has 0 radical (unpaired) electrons. The van der Waals surface area contributed by atoms with Crippen LogP contribution in [0.4, 0.5) is 0 Å². The number of carbonyl (C=O) groups excluding carboxylic acids is 1. The van der Waals surface area contributed by atoms with E-state index < -0.39 is 0 Å². The lowest BCUT2D eigenvalue weighted by molar-refractivity contribution is -0.143. The Morgan fingerprint density at radius 2 is 2.30 bits per heavy atom. The van der Waals surface area contributed by atoms with Crippen LogP contribution in [0.2, 0.25) is 0 Å². The quantitative estimate of drug-likeness (QED) is 0.594. The summed E-state index contributed by atoms with van der Waals surface area (Å²) in [5.74, 6) is -0.208. The van der Waals surface area contributed by atoms with Gasteiger partial charge in [-0.15, -0.1) is 0 Å². The van der Waals surface area contributed by atoms with Gasteiger partial charge in [-0.05, 0) is 6.92 Å². The van der Waals surface area contributed by atoms with E-state index in [1.54, 1.807) is 13.8 Å². The lowest BCUT2D eigenvalue weighted by Gasteiger charge is -2.03. The summed E-state index contributed by atoms with van der Waals surface area (Å²) in [5, 5.41) is 8.75. The molecule has 0 saturated heterocycles. The number of carbonyl (C=O) groups is 1. The zero-order valence-corrected chi connectivity index (χ0v) is 6.46. The van der Waals surface area contributed by atoms with Crippen molar-refractivity contribution < 1.29 is 14.6 Å². The van der Waals surface area contributed by atoms with Gasteiger partial charge in [-0.1, -0.05) is 6.92 Å². The first kappa shape index (κ1) is 9.43. The van der Waals surface area contributed by atoms with Gasteiger partial charge < -0.3 is 9.84 Å². The first-order valence-corrected chi connectivity index (χ1v) is 3.50. The highest BCUT2D eigenvalue weighted by molar-refractivity contribution is 5.68. The minimum Gasteiger partial charge on any atom is -0.466 e. The van der Waals surface area contributed by atoms with E-state index in [9.17, 15) is 4.79 Å². The first-order chi connectivity index (χ1) is 4.66. The molecule has 0 fully saturated rings. The van der Waals surface area contributed by atoms with Crippen molar-refractivity contribution in [3.05, 3.63) is 0 Å². The summed E-state index contributed by atoms with van der Waals surface area (Å²) in [7, 11) is 0. The van der Waals surface area contributed by atoms with Crippen molar-refractivity contribution in [2.24, 2.45) is 0 Å². The van der Waals surface area contributed by atoms with Gasteiger partial charge in [0.1, 0.15) is 0 Å². The second kappa shape index (κ2) is 5.23. The summed E-state index contributed by atoms with van der Waals surface area (Å²) in [6, 6.07) is 0. The zero-order chi connectivity index (χ0) is 7.98. The number of rotatable bonds is 4. The maximum atomic E-state index is 10.5. The molecule has 0 bridgehead atoms. The van der Waals surface area contributed by atoms with E-state index >= 15 is 0 Å². The lowest BCUT2D eigenvalue weighted by atomic mass is 10.3. The number of aliphatic hydroxyl groups is 1. The summed E-state index contributed by atoms with van der Waals surface area (Å²) >= 11 is 0. The third kappa shape index (κ3) is 5.56. The molecule has 1 N–H and O–H groups in total. The van der Waals surface area contributed by atoms with E-state index in [2.05, 4.69) is 0 Å². The molecule has 0 aliphatic rings. The molecule has 0 spiro atoms. The maximum absolute atomic E-state index is 10.5. The van der Waals surface area contributed by atoms with Crippen molar-refractivity contribution in [2.45, 2.75) is 32.8 Å². The van der Waals surface area contributed by atoms with E-state index in [1.165, 1.54) is 0 Å². The Bertz CT molecular complexity index is 99.0. The number of hydrogen-bond donors (Lipinski definition) is 1. The molecule has 0 aromatic carbocycles.